The van der Waals surface area contributed by atoms with E-state index in [1.54, 1.807) is 0 Å². The summed E-state index contributed by atoms with van der Waals surface area (Å²) in [4.78, 5) is 2.35. The van der Waals surface area contributed by atoms with Crippen molar-refractivity contribution in [2.45, 2.75) is 50.5 Å². The molecule has 2 unspecified atom stereocenters. The van der Waals surface area contributed by atoms with Crippen LogP contribution in [0.25, 0.3) is 0 Å². The fourth-order valence-corrected chi connectivity index (χ4v) is 3.82. The van der Waals surface area contributed by atoms with Crippen molar-refractivity contribution in [3.05, 3.63) is 0 Å². The molecule has 2 fully saturated rings. The van der Waals surface area contributed by atoms with Crippen LogP contribution in [-0.2, 0) is 4.74 Å². The predicted molar refractivity (Wildman–Crippen MR) is 72.2 cm³/mol. The molecule has 0 spiro atoms. The molecule has 0 aromatic heterocycles. The summed E-state index contributed by atoms with van der Waals surface area (Å²) in [6.45, 7) is 7.77. The van der Waals surface area contributed by atoms with Gasteiger partial charge in [0.15, 0.2) is 0 Å². The molecule has 2 rings (SSSR count). The van der Waals surface area contributed by atoms with E-state index in [-0.39, 0.29) is 11.0 Å². The Morgan fingerprint density at radius 3 is 2.81 bits per heavy atom. The smallest absolute Gasteiger partial charge is 0.146 e. The summed E-state index contributed by atoms with van der Waals surface area (Å²) in [6, 6.07) is 0.332. The summed E-state index contributed by atoms with van der Waals surface area (Å²) in [7, 11) is 4.38. The third-order valence-electron chi connectivity index (χ3n) is 3.94. The van der Waals surface area contributed by atoms with Crippen LogP contribution in [-0.4, -0.2) is 42.8 Å². The second-order valence-corrected chi connectivity index (χ2v) is 6.35. The SMILES string of the molecule is C[B]C1O[C@]2(CC(C)C)C[C@H]1CN(C)C2S. The number of hydrogen-bond donors (Lipinski definition) is 1. The zero-order valence-electron chi connectivity index (χ0n) is 10.8. The van der Waals surface area contributed by atoms with Gasteiger partial charge in [-0.1, -0.05) is 20.7 Å². The quantitative estimate of drug-likeness (QED) is 0.599. The Bertz CT molecular complexity index is 263. The first-order valence-corrected chi connectivity index (χ1v) is 6.86. The van der Waals surface area contributed by atoms with E-state index in [9.17, 15) is 0 Å². The van der Waals surface area contributed by atoms with E-state index in [2.05, 4.69) is 39.9 Å². The maximum Gasteiger partial charge on any atom is 0.146 e. The monoisotopic (exact) mass is 240 g/mol. The molecule has 2 heterocycles. The Labute approximate surface area is 106 Å². The second kappa shape index (κ2) is 4.54. The van der Waals surface area contributed by atoms with Gasteiger partial charge in [-0.05, 0) is 31.7 Å². The number of likely N-dealkylation sites (N-methyl/N-ethyl adjacent to an activating group) is 1. The van der Waals surface area contributed by atoms with E-state index >= 15 is 0 Å². The Kier molecular flexibility index (Phi) is 3.63. The summed E-state index contributed by atoms with van der Waals surface area (Å²) < 4.78 is 6.34. The van der Waals surface area contributed by atoms with E-state index < -0.39 is 0 Å². The highest BCUT2D eigenvalue weighted by Crippen LogP contribution is 2.47. The highest BCUT2D eigenvalue weighted by Gasteiger charge is 2.54. The fraction of sp³-hybridized carbons (Fsp3) is 1.00. The highest BCUT2D eigenvalue weighted by atomic mass is 32.1. The van der Waals surface area contributed by atoms with Crippen molar-refractivity contribution in [1.29, 1.82) is 0 Å². The van der Waals surface area contributed by atoms with Gasteiger partial charge in [-0.25, -0.2) is 0 Å². The minimum Gasteiger partial charge on any atom is -0.378 e. The molecule has 0 N–H and O–H groups in total. The molecule has 4 atom stereocenters. The van der Waals surface area contributed by atoms with Gasteiger partial charge in [0.05, 0.1) is 11.0 Å². The first kappa shape index (κ1) is 12.8. The van der Waals surface area contributed by atoms with Crippen LogP contribution in [0.5, 0.6) is 0 Å². The Balaban J connectivity index is 2.20. The summed E-state index contributed by atoms with van der Waals surface area (Å²) in [5.74, 6) is 1.33. The molecule has 0 aromatic rings. The van der Waals surface area contributed by atoms with Gasteiger partial charge >= 0.3 is 0 Å². The highest BCUT2D eigenvalue weighted by molar-refractivity contribution is 7.81. The number of hydrogen-bond acceptors (Lipinski definition) is 3. The number of ether oxygens (including phenoxy) is 1. The summed E-state index contributed by atoms with van der Waals surface area (Å²) in [5, 5.41) is 0.246. The zero-order valence-corrected chi connectivity index (χ0v) is 11.7. The van der Waals surface area contributed by atoms with Crippen molar-refractivity contribution in [3.8, 4) is 0 Å². The number of likely N-dealkylation sites (tertiary alicyclic amines) is 1. The molecule has 2 nitrogen and oxygen atoms in total. The van der Waals surface area contributed by atoms with Crippen LogP contribution in [0.15, 0.2) is 0 Å². The van der Waals surface area contributed by atoms with Gasteiger partial charge in [-0.2, -0.15) is 12.6 Å². The lowest BCUT2D eigenvalue weighted by atomic mass is 9.67. The number of nitrogens with zero attached hydrogens (tertiary/aromatic N) is 1. The van der Waals surface area contributed by atoms with Gasteiger partial charge < -0.3 is 4.74 Å². The van der Waals surface area contributed by atoms with Crippen molar-refractivity contribution in [2.24, 2.45) is 11.8 Å². The van der Waals surface area contributed by atoms with Crippen LogP contribution in [0.2, 0.25) is 6.82 Å². The van der Waals surface area contributed by atoms with Gasteiger partial charge in [-0.15, -0.1) is 0 Å². The first-order chi connectivity index (χ1) is 7.48. The average molecular weight is 240 g/mol. The molecule has 4 heteroatoms. The molecule has 16 heavy (non-hydrogen) atoms. The van der Waals surface area contributed by atoms with E-state index in [1.165, 1.54) is 6.42 Å². The van der Waals surface area contributed by atoms with Gasteiger partial charge in [0.25, 0.3) is 0 Å². The van der Waals surface area contributed by atoms with Crippen LogP contribution in [0.3, 0.4) is 0 Å². The number of piperidine rings is 1. The number of rotatable bonds is 3. The van der Waals surface area contributed by atoms with E-state index in [0.29, 0.717) is 17.8 Å². The maximum atomic E-state index is 6.34. The molecule has 2 saturated heterocycles. The number of thiol groups is 1. The molecule has 0 amide bonds. The summed E-state index contributed by atoms with van der Waals surface area (Å²) >= 11 is 4.78. The molecule has 2 bridgehead atoms. The van der Waals surface area contributed by atoms with E-state index in [0.717, 1.165) is 13.0 Å². The Hall–Kier alpha value is 0.335. The van der Waals surface area contributed by atoms with Crippen LogP contribution < -0.4 is 0 Å². The van der Waals surface area contributed by atoms with Gasteiger partial charge in [0.2, 0.25) is 0 Å². The normalized spacial score (nSPS) is 44.0. The topological polar surface area (TPSA) is 12.5 Å². The first-order valence-electron chi connectivity index (χ1n) is 6.34. The molecule has 1 radical (unpaired) electrons. The Morgan fingerprint density at radius 1 is 1.56 bits per heavy atom. The molecule has 2 aliphatic heterocycles. The summed E-state index contributed by atoms with van der Waals surface area (Å²) in [5.41, 5.74) is -0.0217. The summed E-state index contributed by atoms with van der Waals surface area (Å²) in [6.07, 6.45) is 2.30. The zero-order chi connectivity index (χ0) is 11.9. The van der Waals surface area contributed by atoms with Crippen molar-refractivity contribution in [2.75, 3.05) is 13.6 Å². The second-order valence-electron chi connectivity index (χ2n) is 5.86. The molecule has 2 aliphatic rings. The van der Waals surface area contributed by atoms with E-state index in [1.807, 2.05) is 0 Å². The molecular formula is C12H23BNOS. The van der Waals surface area contributed by atoms with Gasteiger partial charge in [0.1, 0.15) is 7.28 Å². The van der Waals surface area contributed by atoms with Crippen LogP contribution in [0, 0.1) is 11.8 Å². The average Bonchev–Trinajstić information content (AvgIpc) is 2.50. The lowest BCUT2D eigenvalue weighted by Gasteiger charge is -2.43. The molecule has 0 aliphatic carbocycles. The van der Waals surface area contributed by atoms with Crippen molar-refractivity contribution in [3.63, 3.8) is 0 Å². The number of fused-ring (bicyclic) bond motifs is 2. The molecule has 0 saturated carbocycles. The van der Waals surface area contributed by atoms with Crippen LogP contribution in [0.1, 0.15) is 26.7 Å². The van der Waals surface area contributed by atoms with E-state index in [4.69, 9.17) is 17.4 Å². The standard InChI is InChI=1S/C12H23BNOS/c1-8(2)5-12-6-9(10(13-3)15-12)7-14(4)11(12)16/h8-11,16H,5-7H2,1-4H3/t9-,10?,11?,12+/m0/s1. The van der Waals surface area contributed by atoms with Crippen molar-refractivity contribution >= 4 is 19.9 Å². The minimum atomic E-state index is -0.0217. The van der Waals surface area contributed by atoms with Crippen molar-refractivity contribution in [1.82, 2.24) is 4.90 Å². The third-order valence-corrected chi connectivity index (χ3v) is 4.80. The lowest BCUT2D eigenvalue weighted by molar-refractivity contribution is -0.0514. The third kappa shape index (κ3) is 2.04. The van der Waals surface area contributed by atoms with Crippen LogP contribution in [0.4, 0.5) is 0 Å². The molecule has 0 aromatic carbocycles. The molecular weight excluding hydrogens is 217 g/mol. The Morgan fingerprint density at radius 2 is 2.25 bits per heavy atom. The lowest BCUT2D eigenvalue weighted by Crippen LogP contribution is -2.52. The predicted octanol–water partition coefficient (Wildman–Crippen LogP) is 2.09. The van der Waals surface area contributed by atoms with Gasteiger partial charge in [0, 0.05) is 12.5 Å². The van der Waals surface area contributed by atoms with Crippen molar-refractivity contribution < 1.29 is 4.74 Å². The largest absolute Gasteiger partial charge is 0.378 e. The van der Waals surface area contributed by atoms with Crippen LogP contribution >= 0.6 is 12.6 Å². The maximum absolute atomic E-state index is 6.34. The molecule has 91 valence electrons. The minimum absolute atomic E-state index is 0.0217. The van der Waals surface area contributed by atoms with Gasteiger partial charge in [-0.3, -0.25) is 4.90 Å². The fourth-order valence-electron chi connectivity index (χ4n) is 3.45.